The third-order valence-corrected chi connectivity index (χ3v) is 28.0. The number of aromatic nitrogens is 6. The Morgan fingerprint density at radius 3 is 1.11 bits per heavy atom. The number of carbonyl (C=O) groups is 7. The molecule has 5 fully saturated rings. The number of aryl methyl sites for hydroxylation is 2. The Morgan fingerprint density at radius 1 is 0.479 bits per heavy atom. The fourth-order valence-electron chi connectivity index (χ4n) is 18.6. The summed E-state index contributed by atoms with van der Waals surface area (Å²) in [5.41, 5.74) is 18.7. The molecular formula is C104H138BBr5FN12Na2O19. The summed E-state index contributed by atoms with van der Waals surface area (Å²) in [5.74, 6) is -3.02. The number of rotatable bonds is 19. The van der Waals surface area contributed by atoms with Crippen molar-refractivity contribution in [1.82, 2.24) is 57.2 Å². The number of Topliss-reactive ketones (excluding diaryl/α,β-unsaturated/α-hetero) is 1. The number of alkyl halides is 1. The van der Waals surface area contributed by atoms with E-state index in [2.05, 4.69) is 160 Å². The standard InChI is InChI=1S/C25H31BrN4O3.C20H27BrN2O3.C20H25BrN2O3.C17H21BrN2O3.C14H14BrNO3.C5H11NO.C2H4O2.CH3F.B.2Na.H2O.H/c1-14-9-15(2)28-25(33)22(14)12-27-24(32)21-11-19-10-18(26)13-30(19)23(16(21)3)17(4)29-7-5-20(31)6-8-29;2*1-12(2)26-20(25)18-10-16-9-15(21)11-23(16)19(13(18)3)14(4)22-7-5-17(24)6-8-22;1-10-15(17(22)23)8-13-7-12(18)9-20(13)16(10)11(2)19-5-3-14(21)4-6-19;1-4-19-14(18)12-6-11-5-10(15)7-16(11)13(8(12)2)9(3)17;7-5-1-3-6-4-2-5;1-2(3)4;1-2;;;;;/h9-11,13,17,20,31H,5-8,12H2,1-4H3,(H,27,32)(H,28,33);9-12,14,17,24H,5-8H2,1-4H3;9-12,17,24H,4-8H2,1-3H3;7-9,11,14,21H,3-6H2,1-2H3,(H,22,23);5-7H,4H2,1-3H3;5-7H,1-4H2;1H3,(H,3,4);1H3;;;;1H2;/q;;;;;;;;;2*+1;;-1/p-1/i;;;;;;;1D;;;;;. The van der Waals surface area contributed by atoms with E-state index in [9.17, 15) is 63.5 Å². The quantitative estimate of drug-likeness (QED) is 0.0156. The Labute approximate surface area is 933 Å². The molecule has 40 heteroatoms. The molecule has 31 nitrogen and oxygen atoms in total. The van der Waals surface area contributed by atoms with Gasteiger partial charge in [0.05, 0.1) is 97.2 Å². The number of aliphatic hydroxyl groups is 5. The van der Waals surface area contributed by atoms with Crippen molar-refractivity contribution < 1.29 is 155 Å². The molecule has 16 rings (SSSR count). The van der Waals surface area contributed by atoms with E-state index in [4.69, 9.17) is 30.6 Å². The number of hydrogen-bond donors (Lipinski definition) is 10. The van der Waals surface area contributed by atoms with E-state index < -0.39 is 25.1 Å². The molecule has 3 atom stereocenters. The molecule has 0 aliphatic carbocycles. The van der Waals surface area contributed by atoms with Crippen LogP contribution in [0.2, 0.25) is 0 Å². The summed E-state index contributed by atoms with van der Waals surface area (Å²) in [6.07, 6.45) is 16.5. The van der Waals surface area contributed by atoms with Gasteiger partial charge in [-0.2, -0.15) is 0 Å². The summed E-state index contributed by atoms with van der Waals surface area (Å²) in [7, 11) is -1.00. The monoisotopic (exact) mass is 2330 g/mol. The van der Waals surface area contributed by atoms with Crippen molar-refractivity contribution in [3.63, 3.8) is 0 Å². The van der Waals surface area contributed by atoms with Crippen molar-refractivity contribution in [3.05, 3.63) is 238 Å². The van der Waals surface area contributed by atoms with Crippen LogP contribution in [0.4, 0.5) is 4.39 Å². The number of carboxylic acids is 2. The van der Waals surface area contributed by atoms with Crippen LogP contribution in [-0.4, -0.2) is 260 Å². The molecule has 3 unspecified atom stereocenters. The molecule has 16 heterocycles. The first-order valence-electron chi connectivity index (χ1n) is 48.0. The van der Waals surface area contributed by atoms with Gasteiger partial charge in [-0.1, -0.05) is 6.58 Å². The first kappa shape index (κ1) is 125. The van der Waals surface area contributed by atoms with E-state index in [1.54, 1.807) is 30.4 Å². The predicted molar refractivity (Wildman–Crippen MR) is 570 cm³/mol. The fourth-order valence-corrected chi connectivity index (χ4v) is 20.8. The van der Waals surface area contributed by atoms with Crippen LogP contribution in [0.3, 0.4) is 0 Å². The average molecular weight is 2340 g/mol. The number of likely N-dealkylation sites (tertiary alicyclic amines) is 4. The van der Waals surface area contributed by atoms with E-state index in [-0.39, 0.29) is 171 Å². The number of nitrogens with one attached hydrogen (secondary N) is 3. The van der Waals surface area contributed by atoms with E-state index >= 15 is 0 Å². The van der Waals surface area contributed by atoms with Crippen LogP contribution in [0.1, 0.15) is 284 Å². The van der Waals surface area contributed by atoms with Gasteiger partial charge in [-0.15, -0.1) is 0 Å². The zero-order chi connectivity index (χ0) is 104. The number of carboxylic acid groups (broad SMARTS) is 2. The van der Waals surface area contributed by atoms with Gasteiger partial charge >= 0.3 is 83.0 Å². The second-order valence-electron chi connectivity index (χ2n) is 36.6. The van der Waals surface area contributed by atoms with Gasteiger partial charge in [0.2, 0.25) is 0 Å². The Kier molecular flexibility index (Phi) is 51.2. The maximum Gasteiger partial charge on any atom is 1.00 e. The van der Waals surface area contributed by atoms with E-state index in [0.29, 0.717) is 51.2 Å². The van der Waals surface area contributed by atoms with Crippen LogP contribution in [0.15, 0.2) is 131 Å². The topological polar surface area (TPSA) is 411 Å². The van der Waals surface area contributed by atoms with Crippen LogP contribution in [0.25, 0.3) is 33.3 Å². The van der Waals surface area contributed by atoms with Crippen LogP contribution >= 0.6 is 79.6 Å². The minimum atomic E-state index is -1.00. The molecule has 0 spiro atoms. The van der Waals surface area contributed by atoms with Gasteiger partial charge in [0.25, 0.3) is 17.4 Å². The van der Waals surface area contributed by atoms with Crippen LogP contribution in [0, 0.1) is 48.5 Å². The number of piperidine rings is 5. The summed E-state index contributed by atoms with van der Waals surface area (Å²) in [4.78, 5) is 107. The third-order valence-electron chi connectivity index (χ3n) is 25.8. The van der Waals surface area contributed by atoms with Crippen molar-refractivity contribution in [2.45, 2.75) is 249 Å². The fraction of sp³-hybridized carbons (Fsp3) is 0.481. The summed E-state index contributed by atoms with van der Waals surface area (Å²) in [6, 6.07) is 21.1. The zero-order valence-electron chi connectivity index (χ0n) is 87.9. The smallest absolute Gasteiger partial charge is 1.00 e. The van der Waals surface area contributed by atoms with Gasteiger partial charge in [0.1, 0.15) is 0 Å². The third kappa shape index (κ3) is 33.4. The first-order chi connectivity index (χ1) is 66.6. The van der Waals surface area contributed by atoms with E-state index in [1.165, 1.54) is 6.92 Å². The molecule has 0 saturated carbocycles. The number of aromatic amines is 1. The van der Waals surface area contributed by atoms with Crippen LogP contribution in [-0.2, 0) is 25.5 Å². The molecule has 775 valence electrons. The second-order valence-corrected chi connectivity index (χ2v) is 41.2. The minimum absolute atomic E-state index is 0. The Balaban J connectivity index is 0.000000367. The normalized spacial score (nSPS) is 15.7. The van der Waals surface area contributed by atoms with Crippen molar-refractivity contribution in [2.24, 2.45) is 0 Å². The Bertz CT molecular complexity index is 6340. The molecule has 1 amide bonds. The summed E-state index contributed by atoms with van der Waals surface area (Å²) >= 11 is 17.5. The van der Waals surface area contributed by atoms with Gasteiger partial charge in [-0.25, -0.2) is 19.2 Å². The average Bonchev–Trinajstić information content (AvgIpc) is 1.63. The SMILES string of the molecule is C=C(c1c(C)c(C(=O)OC(C)C)cc2cc(Br)cn12)N1CCC(O)CC1.CC(=O)O.CCOC(=O)c1cc2cc(Br)cn2c(C(C)=O)c1C.Cc1c(C(=O)O)cc2cc(Br)cn2c1C(C)N1CCC(O)CC1.Cc1c(C(=O)OC(C)C)cc2cc(Br)cn2c1C(C)N1CCC(O)CC1.Cc1cc(C)c(CNC(=O)c2cc3cc(Br)cn3c(C(C)N3CCC(O)CC3)c2C)c(=O)[nH]1.OC1CCNCC1.[2H]CF.[B].[H-].[Na+].[Na+].[OH-]. The summed E-state index contributed by atoms with van der Waals surface area (Å²) in [6.45, 7) is 44.7. The molecule has 5 aliphatic heterocycles. The maximum absolute atomic E-state index is 13.3. The number of esters is 3. The number of halogens is 6. The molecule has 0 bridgehead atoms. The van der Waals surface area contributed by atoms with Gasteiger partial charge in [0, 0.05) is 214 Å². The molecule has 5 saturated heterocycles. The number of pyridine rings is 6. The number of ether oxygens (including phenoxy) is 3. The number of fused-ring (bicyclic) bond motifs is 5. The number of H-pyrrole nitrogens is 1. The molecule has 3 radical (unpaired) electrons. The Morgan fingerprint density at radius 2 is 0.778 bits per heavy atom. The number of aliphatic carboxylic acids is 1. The molecule has 5 aliphatic rings. The van der Waals surface area contributed by atoms with Gasteiger partial charge in [-0.05, 0) is 361 Å². The van der Waals surface area contributed by atoms with E-state index in [1.807, 2.05) is 155 Å². The van der Waals surface area contributed by atoms with Crippen LogP contribution in [0.5, 0.6) is 0 Å². The number of amides is 1. The number of carbonyl (C=O) groups excluding carboxylic acids is 5. The van der Waals surface area contributed by atoms with Crippen molar-refractivity contribution in [3.8, 4) is 0 Å². The largest absolute Gasteiger partial charge is 1.00 e. The minimum Gasteiger partial charge on any atom is -1.00 e. The first-order valence-corrected chi connectivity index (χ1v) is 51.2. The number of hydrogen-bond acceptors (Lipinski definition) is 22. The molecule has 144 heavy (non-hydrogen) atoms. The van der Waals surface area contributed by atoms with E-state index in [0.717, 1.165) is 249 Å². The maximum atomic E-state index is 13.3. The Hall–Kier alpha value is -7.23. The van der Waals surface area contributed by atoms with Gasteiger partial charge in [-0.3, -0.25) is 38.3 Å². The summed E-state index contributed by atoms with van der Waals surface area (Å²) < 4.78 is 46.3. The van der Waals surface area contributed by atoms with Crippen molar-refractivity contribution >= 4 is 163 Å². The molecule has 11 N–H and O–H groups in total. The molecular weight excluding hydrogens is 2200 g/mol. The van der Waals surface area contributed by atoms with Gasteiger partial charge < -0.3 is 99.4 Å². The molecule has 11 aromatic heterocycles. The molecule has 0 aromatic carbocycles. The van der Waals surface area contributed by atoms with Crippen LogP contribution < -0.4 is 75.3 Å². The van der Waals surface area contributed by atoms with Crippen molar-refractivity contribution in [2.75, 3.05) is 79.2 Å². The number of nitrogens with zero attached hydrogens (tertiary/aromatic N) is 9. The number of ketones is 1. The second kappa shape index (κ2) is 58.8. The van der Waals surface area contributed by atoms with Gasteiger partial charge in [0.15, 0.2) is 5.78 Å². The summed E-state index contributed by atoms with van der Waals surface area (Å²) in [5, 5.41) is 71.1. The predicted octanol–water partition coefficient (Wildman–Crippen LogP) is 12.4. The number of aromatic carboxylic acids is 1. The van der Waals surface area contributed by atoms with Crippen molar-refractivity contribution in [1.29, 1.82) is 0 Å². The number of aliphatic hydroxyl groups excluding tert-OH is 5. The zero-order valence-corrected chi connectivity index (χ0v) is 97.9. The molecule has 11 aromatic rings.